The van der Waals surface area contributed by atoms with Crippen LogP contribution in [0.5, 0.6) is 0 Å². The van der Waals surface area contributed by atoms with Gasteiger partial charge in [-0.3, -0.25) is 0 Å². The van der Waals surface area contributed by atoms with Crippen LogP contribution >= 0.6 is 0 Å². The quantitative estimate of drug-likeness (QED) is 0.684. The Morgan fingerprint density at radius 3 is 1.15 bits per heavy atom. The van der Waals surface area contributed by atoms with Crippen LogP contribution in [-0.2, 0) is 0 Å². The van der Waals surface area contributed by atoms with E-state index in [9.17, 15) is 10.5 Å². The summed E-state index contributed by atoms with van der Waals surface area (Å²) in [6, 6.07) is 10.2. The molecule has 0 fully saturated rings. The summed E-state index contributed by atoms with van der Waals surface area (Å²) >= 11 is 0. The summed E-state index contributed by atoms with van der Waals surface area (Å²) in [5, 5.41) is 37.4. The average Bonchev–Trinajstić information content (AvgIpc) is 2.46. The molecule has 2 aromatic rings. The lowest BCUT2D eigenvalue weighted by atomic mass is 9.90. The summed E-state index contributed by atoms with van der Waals surface area (Å²) in [5.74, 6) is 0. The van der Waals surface area contributed by atoms with E-state index in [4.69, 9.17) is 22.0 Å². The number of nitrogens with two attached hydrogens (primary N) is 2. The molecule has 0 aliphatic heterocycles. The average molecular weight is 258 g/mol. The first kappa shape index (κ1) is 12.7. The van der Waals surface area contributed by atoms with Crippen molar-refractivity contribution in [3.63, 3.8) is 0 Å². The van der Waals surface area contributed by atoms with Gasteiger partial charge in [-0.25, -0.2) is 0 Å². The maximum Gasteiger partial charge on any atom is 0.102 e. The summed E-state index contributed by atoms with van der Waals surface area (Å²) in [7, 11) is 0. The van der Waals surface area contributed by atoms with Crippen molar-refractivity contribution in [2.45, 2.75) is 0 Å². The van der Waals surface area contributed by atoms with Crippen molar-refractivity contribution in [3.8, 4) is 24.3 Å². The minimum atomic E-state index is -0.122. The van der Waals surface area contributed by atoms with Crippen molar-refractivity contribution >= 4 is 22.1 Å². The van der Waals surface area contributed by atoms with Crippen LogP contribution in [0.1, 0.15) is 22.3 Å². The molecule has 0 aromatic heterocycles. The van der Waals surface area contributed by atoms with E-state index in [2.05, 4.69) is 0 Å². The maximum atomic E-state index is 9.23. The first-order valence-electron chi connectivity index (χ1n) is 5.38. The number of hydrogen-bond acceptors (Lipinski definition) is 6. The molecule has 0 atom stereocenters. The Labute approximate surface area is 114 Å². The lowest BCUT2D eigenvalue weighted by Gasteiger charge is -2.10. The van der Waals surface area contributed by atoms with E-state index in [1.165, 1.54) is 12.1 Å². The van der Waals surface area contributed by atoms with Gasteiger partial charge in [-0.05, 0) is 12.1 Å². The number of nitriles is 4. The first-order chi connectivity index (χ1) is 9.58. The molecule has 0 aliphatic carbocycles. The topological polar surface area (TPSA) is 147 Å². The zero-order chi connectivity index (χ0) is 14.9. The van der Waals surface area contributed by atoms with Crippen molar-refractivity contribution in [2.24, 2.45) is 0 Å². The van der Waals surface area contributed by atoms with Crippen LogP contribution in [0.4, 0.5) is 11.4 Å². The van der Waals surface area contributed by atoms with Gasteiger partial charge in [0.15, 0.2) is 0 Å². The number of rotatable bonds is 0. The van der Waals surface area contributed by atoms with E-state index in [0.717, 1.165) is 0 Å². The van der Waals surface area contributed by atoms with Crippen molar-refractivity contribution in [1.82, 2.24) is 0 Å². The zero-order valence-electron chi connectivity index (χ0n) is 10.1. The van der Waals surface area contributed by atoms with Crippen LogP contribution in [0.3, 0.4) is 0 Å². The Morgan fingerprint density at radius 1 is 0.600 bits per heavy atom. The zero-order valence-corrected chi connectivity index (χ0v) is 10.1. The third-order valence-electron chi connectivity index (χ3n) is 2.96. The summed E-state index contributed by atoms with van der Waals surface area (Å²) in [4.78, 5) is 0. The molecule has 0 bridgehead atoms. The van der Waals surface area contributed by atoms with Crippen LogP contribution in [0.2, 0.25) is 0 Å². The Bertz CT molecular complexity index is 836. The molecular formula is C14H6N6. The molecule has 0 aliphatic rings. The summed E-state index contributed by atoms with van der Waals surface area (Å²) < 4.78 is 0. The Kier molecular flexibility index (Phi) is 2.86. The lowest BCUT2D eigenvalue weighted by molar-refractivity contribution is 1.39. The SMILES string of the molecule is N#Cc1c(C#N)c(C#N)c2cc(N)c(N)cc2c1C#N. The van der Waals surface area contributed by atoms with Crippen molar-refractivity contribution in [1.29, 1.82) is 21.0 Å². The van der Waals surface area contributed by atoms with Crippen molar-refractivity contribution < 1.29 is 0 Å². The highest BCUT2D eigenvalue weighted by molar-refractivity contribution is 6.01. The molecule has 0 spiro atoms. The van der Waals surface area contributed by atoms with Gasteiger partial charge in [-0.1, -0.05) is 0 Å². The molecule has 4 N–H and O–H groups in total. The Hall–Kier alpha value is -3.74. The lowest BCUT2D eigenvalue weighted by Crippen LogP contribution is -2.01. The molecule has 6 nitrogen and oxygen atoms in total. The van der Waals surface area contributed by atoms with E-state index in [-0.39, 0.29) is 33.6 Å². The third-order valence-corrected chi connectivity index (χ3v) is 2.96. The summed E-state index contributed by atoms with van der Waals surface area (Å²) in [6.07, 6.45) is 0. The molecule has 6 heteroatoms. The second-order valence-electron chi connectivity index (χ2n) is 3.97. The normalized spacial score (nSPS) is 9.20. The van der Waals surface area contributed by atoms with E-state index in [0.29, 0.717) is 10.8 Å². The second-order valence-corrected chi connectivity index (χ2v) is 3.97. The van der Waals surface area contributed by atoms with E-state index in [1.54, 1.807) is 12.1 Å². The van der Waals surface area contributed by atoms with E-state index < -0.39 is 0 Å². The predicted octanol–water partition coefficient (Wildman–Crippen LogP) is 1.49. The minimum absolute atomic E-state index is 0.0183. The van der Waals surface area contributed by atoms with E-state index >= 15 is 0 Å². The maximum absolute atomic E-state index is 9.23. The van der Waals surface area contributed by atoms with Gasteiger partial charge in [-0.15, -0.1) is 0 Å². The molecule has 0 amide bonds. The van der Waals surface area contributed by atoms with Gasteiger partial charge in [-0.2, -0.15) is 21.0 Å². The van der Waals surface area contributed by atoms with Gasteiger partial charge in [0.05, 0.1) is 33.6 Å². The van der Waals surface area contributed by atoms with Crippen LogP contribution in [-0.4, -0.2) is 0 Å². The number of hydrogen-bond donors (Lipinski definition) is 2. The number of nitrogen functional groups attached to an aromatic ring is 2. The molecule has 92 valence electrons. The summed E-state index contributed by atoms with van der Waals surface area (Å²) in [6.45, 7) is 0. The van der Waals surface area contributed by atoms with E-state index in [1.807, 2.05) is 12.1 Å². The summed E-state index contributed by atoms with van der Waals surface area (Å²) in [5.41, 5.74) is 11.7. The highest BCUT2D eigenvalue weighted by Gasteiger charge is 2.20. The second kappa shape index (κ2) is 4.50. The van der Waals surface area contributed by atoms with Crippen LogP contribution in [0.15, 0.2) is 12.1 Å². The molecule has 2 rings (SSSR count). The minimum Gasteiger partial charge on any atom is -0.397 e. The fraction of sp³-hybridized carbons (Fsp3) is 0. The molecule has 2 aromatic carbocycles. The predicted molar refractivity (Wildman–Crippen MR) is 71.6 cm³/mol. The smallest absolute Gasteiger partial charge is 0.102 e. The fourth-order valence-electron chi connectivity index (χ4n) is 2.02. The number of fused-ring (bicyclic) bond motifs is 1. The fourth-order valence-corrected chi connectivity index (χ4v) is 2.02. The molecule has 0 unspecified atom stereocenters. The van der Waals surface area contributed by atoms with Crippen LogP contribution < -0.4 is 11.5 Å². The molecule has 0 saturated heterocycles. The van der Waals surface area contributed by atoms with Gasteiger partial charge in [0.1, 0.15) is 24.3 Å². The van der Waals surface area contributed by atoms with Crippen molar-refractivity contribution in [3.05, 3.63) is 34.4 Å². The monoisotopic (exact) mass is 258 g/mol. The largest absolute Gasteiger partial charge is 0.397 e. The highest BCUT2D eigenvalue weighted by atomic mass is 14.7. The molecule has 0 radical (unpaired) electrons. The first-order valence-corrected chi connectivity index (χ1v) is 5.38. The van der Waals surface area contributed by atoms with Gasteiger partial charge < -0.3 is 11.5 Å². The van der Waals surface area contributed by atoms with Gasteiger partial charge in [0, 0.05) is 10.8 Å². The van der Waals surface area contributed by atoms with Crippen molar-refractivity contribution in [2.75, 3.05) is 11.5 Å². The molecular weight excluding hydrogens is 252 g/mol. The Balaban J connectivity index is 3.23. The molecule has 20 heavy (non-hydrogen) atoms. The third kappa shape index (κ3) is 1.55. The van der Waals surface area contributed by atoms with Gasteiger partial charge in [0.2, 0.25) is 0 Å². The number of anilines is 2. The van der Waals surface area contributed by atoms with Gasteiger partial charge >= 0.3 is 0 Å². The molecule has 0 heterocycles. The van der Waals surface area contributed by atoms with Crippen LogP contribution in [0, 0.1) is 45.3 Å². The standard InChI is InChI=1S/C14H6N6/c15-3-9-7-1-13(19)14(20)2-8(7)10(4-16)12(6-18)11(9)5-17/h1-2H,19-20H2. The van der Waals surface area contributed by atoms with Gasteiger partial charge in [0.25, 0.3) is 0 Å². The highest BCUT2D eigenvalue weighted by Crippen LogP contribution is 2.33. The number of benzene rings is 2. The van der Waals surface area contributed by atoms with Crippen LogP contribution in [0.25, 0.3) is 10.8 Å². The Morgan fingerprint density at radius 2 is 0.900 bits per heavy atom. The molecule has 0 saturated carbocycles. The number of nitrogens with zero attached hydrogens (tertiary/aromatic N) is 4.